The van der Waals surface area contributed by atoms with Gasteiger partial charge in [-0.25, -0.2) is 0 Å². The number of nitrogens with zero attached hydrogens (tertiary/aromatic N) is 4. The van der Waals surface area contributed by atoms with E-state index < -0.39 is 0 Å². The second-order valence-electron chi connectivity index (χ2n) is 4.90. The van der Waals surface area contributed by atoms with Crippen molar-refractivity contribution < 1.29 is 9.59 Å². The molecule has 0 atom stereocenters. The molecular weight excluding hydrogens is 362 g/mol. The van der Waals surface area contributed by atoms with Gasteiger partial charge in [-0.2, -0.15) is 0 Å². The summed E-state index contributed by atoms with van der Waals surface area (Å²) in [6.07, 6.45) is 0.477. The predicted octanol–water partition coefficient (Wildman–Crippen LogP) is -0.205. The van der Waals surface area contributed by atoms with Crippen LogP contribution < -0.4 is 0 Å². The molecule has 0 bridgehead atoms. The molecule has 11 heteroatoms. The van der Waals surface area contributed by atoms with Gasteiger partial charge in [-0.15, -0.1) is 0 Å². The summed E-state index contributed by atoms with van der Waals surface area (Å²) in [7, 11) is 6.78. The quantitative estimate of drug-likeness (QED) is 0.232. The Morgan fingerprint density at radius 1 is 0.875 bits per heavy atom. The number of carbonyl (C=O) groups is 2. The molecule has 0 spiro atoms. The van der Waals surface area contributed by atoms with Gasteiger partial charge in [0.2, 0.25) is 0 Å². The molecule has 0 rings (SSSR count). The molecule has 2 amide bonds. The van der Waals surface area contributed by atoms with E-state index in [4.69, 9.17) is 0 Å². The van der Waals surface area contributed by atoms with Gasteiger partial charge in [-0.1, -0.05) is 0 Å². The van der Waals surface area contributed by atoms with Gasteiger partial charge in [-0.3, -0.25) is 0 Å². The van der Waals surface area contributed by atoms with Crippen molar-refractivity contribution in [2.45, 2.75) is 6.42 Å². The number of thioether (sulfide) groups is 1. The molecule has 0 unspecified atom stereocenters. The third-order valence-electron chi connectivity index (χ3n) is 3.19. The van der Waals surface area contributed by atoms with Crippen molar-refractivity contribution in [2.75, 3.05) is 62.3 Å². The number of hydrogen-bond acceptors (Lipinski definition) is 7. The van der Waals surface area contributed by atoms with Crippen molar-refractivity contribution in [3.63, 3.8) is 0 Å². The Morgan fingerprint density at radius 3 is 2.04 bits per heavy atom. The van der Waals surface area contributed by atoms with E-state index in [-0.39, 0.29) is 18.4 Å². The van der Waals surface area contributed by atoms with Crippen LogP contribution >= 0.6 is 37.0 Å². The summed E-state index contributed by atoms with van der Waals surface area (Å²) < 4.78 is 0. The molecule has 0 N–H and O–H groups in total. The van der Waals surface area contributed by atoms with E-state index in [2.05, 4.69) is 50.3 Å². The van der Waals surface area contributed by atoms with E-state index in [1.165, 1.54) is 0 Å². The fourth-order valence-electron chi connectivity index (χ4n) is 1.95. The molecule has 0 aliphatic carbocycles. The molecule has 134 valence electrons. The van der Waals surface area contributed by atoms with Crippen LogP contribution in [0.4, 0.5) is 0 Å². The van der Waals surface area contributed by atoms with Gasteiger partial charge in [0, 0.05) is 0 Å². The van der Waals surface area contributed by atoms with Crippen LogP contribution in [0.1, 0.15) is 6.42 Å². The molecule has 0 saturated carbocycles. The first-order valence-electron chi connectivity index (χ1n) is 7.80. The molecule has 0 saturated heterocycles. The van der Waals surface area contributed by atoms with Crippen molar-refractivity contribution in [1.82, 2.24) is 9.80 Å². The maximum atomic E-state index is 12.2. The standard InChI is InChI=1S/C13H26B2N4O2S3/c14-16-2-3-18(4-7-22)12(20)1-9-24-10-6-19(5-8-23)13(21)11-17-15/h14-15,22-23H,1-11H2. The Kier molecular flexibility index (Phi) is 16.0. The maximum absolute atomic E-state index is 12.2. The zero-order chi connectivity index (χ0) is 18.2. The van der Waals surface area contributed by atoms with Gasteiger partial charge in [0.05, 0.1) is 0 Å². The minimum atomic E-state index is -0.0346. The normalized spacial score (nSPS) is 10.2. The van der Waals surface area contributed by atoms with E-state index in [1.54, 1.807) is 21.6 Å². The first kappa shape index (κ1) is 23.7. The monoisotopic (exact) mass is 388 g/mol. The van der Waals surface area contributed by atoms with Gasteiger partial charge in [0.25, 0.3) is 0 Å². The molecule has 0 radical (unpaired) electrons. The topological polar surface area (TPSA) is 65.3 Å². The van der Waals surface area contributed by atoms with Crippen LogP contribution in [0.5, 0.6) is 0 Å². The van der Waals surface area contributed by atoms with Crippen molar-refractivity contribution >= 4 is 64.1 Å². The second kappa shape index (κ2) is 16.2. The Morgan fingerprint density at radius 2 is 1.50 bits per heavy atom. The summed E-state index contributed by atoms with van der Waals surface area (Å²) in [6.45, 7) is 3.10. The average Bonchev–Trinajstić information content (AvgIpc) is 2.57. The van der Waals surface area contributed by atoms with E-state index in [9.17, 15) is 9.59 Å². The van der Waals surface area contributed by atoms with Crippen LogP contribution in [-0.4, -0.2) is 99.2 Å². The minimum absolute atomic E-state index is 0.0346. The van der Waals surface area contributed by atoms with Gasteiger partial charge in [-0.05, 0) is 0 Å². The zero-order valence-corrected chi connectivity index (χ0v) is 16.7. The Hall–Kier alpha value is -0.280. The fraction of sp³-hybridized carbons (Fsp3) is 0.846. The Labute approximate surface area is 161 Å². The van der Waals surface area contributed by atoms with Crippen LogP contribution in [-0.2, 0) is 9.59 Å². The van der Waals surface area contributed by atoms with Gasteiger partial charge >= 0.3 is 162 Å². The molecule has 0 aromatic rings. The van der Waals surface area contributed by atoms with E-state index in [0.717, 1.165) is 11.5 Å². The van der Waals surface area contributed by atoms with Crippen molar-refractivity contribution in [3.05, 3.63) is 0 Å². The SMILES string of the molecule is B=NCCN(CCS)C(=O)CCSCCN(CCS)C(=O)CN=B. The van der Waals surface area contributed by atoms with Crippen LogP contribution in [0.3, 0.4) is 0 Å². The predicted molar refractivity (Wildman–Crippen MR) is 112 cm³/mol. The molecule has 6 nitrogen and oxygen atoms in total. The van der Waals surface area contributed by atoms with E-state index in [0.29, 0.717) is 50.7 Å². The first-order chi connectivity index (χ1) is 11.6. The first-order valence-corrected chi connectivity index (χ1v) is 10.2. The second-order valence-corrected chi connectivity index (χ2v) is 7.02. The van der Waals surface area contributed by atoms with E-state index >= 15 is 0 Å². The summed E-state index contributed by atoms with van der Waals surface area (Å²) in [6, 6.07) is 0. The third-order valence-corrected chi connectivity index (χ3v) is 4.55. The van der Waals surface area contributed by atoms with Crippen LogP contribution in [0, 0.1) is 0 Å². The molecule has 0 aromatic heterocycles. The molecule has 0 aromatic carbocycles. The average molecular weight is 388 g/mol. The Balaban J connectivity index is 4.07. The molecule has 24 heavy (non-hydrogen) atoms. The number of rotatable bonds is 15. The summed E-state index contributed by atoms with van der Waals surface area (Å²) in [5.41, 5.74) is 0. The van der Waals surface area contributed by atoms with Gasteiger partial charge < -0.3 is 0 Å². The Bertz CT molecular complexity index is 405. The van der Waals surface area contributed by atoms with Crippen molar-refractivity contribution in [2.24, 2.45) is 9.79 Å². The number of thiol groups is 2. The molecule has 0 aliphatic rings. The summed E-state index contributed by atoms with van der Waals surface area (Å²) in [5.74, 6) is 2.83. The third kappa shape index (κ3) is 11.3. The van der Waals surface area contributed by atoms with Crippen LogP contribution in [0.15, 0.2) is 9.79 Å². The van der Waals surface area contributed by atoms with E-state index in [1.807, 2.05) is 0 Å². The summed E-state index contributed by atoms with van der Waals surface area (Å²) in [4.78, 5) is 34.9. The summed E-state index contributed by atoms with van der Waals surface area (Å²) in [5, 5.41) is 0. The van der Waals surface area contributed by atoms with Crippen molar-refractivity contribution in [3.8, 4) is 0 Å². The van der Waals surface area contributed by atoms with Crippen molar-refractivity contribution in [1.29, 1.82) is 0 Å². The van der Waals surface area contributed by atoms with Gasteiger partial charge in [0.15, 0.2) is 0 Å². The number of hydrogen-bond donors (Lipinski definition) is 2. The molecule has 0 aliphatic heterocycles. The van der Waals surface area contributed by atoms with Crippen LogP contribution in [0.2, 0.25) is 0 Å². The molecule has 0 heterocycles. The molecular formula is C13H26B2N4O2S3. The number of amides is 2. The fourth-order valence-corrected chi connectivity index (χ4v) is 3.30. The number of carbonyl (C=O) groups excluding carboxylic acids is 2. The van der Waals surface area contributed by atoms with Crippen LogP contribution in [0.25, 0.3) is 0 Å². The van der Waals surface area contributed by atoms with Gasteiger partial charge in [0.1, 0.15) is 0 Å². The molecule has 0 fully saturated rings. The zero-order valence-electron chi connectivity index (χ0n) is 14.1. The summed E-state index contributed by atoms with van der Waals surface area (Å²) >= 11 is 10.0.